The van der Waals surface area contributed by atoms with Crippen LogP contribution in [0.15, 0.2) is 18.2 Å². The summed E-state index contributed by atoms with van der Waals surface area (Å²) in [4.78, 5) is 12.2. The number of hydrogen-bond acceptors (Lipinski definition) is 2. The van der Waals surface area contributed by atoms with Crippen LogP contribution in [-0.2, 0) is 11.3 Å². The molecule has 102 valence electrons. The van der Waals surface area contributed by atoms with Crippen LogP contribution in [0.1, 0.15) is 36.8 Å². The number of benzene rings is 1. The zero-order valence-electron chi connectivity index (χ0n) is 11.5. The Morgan fingerprint density at radius 2 is 2.00 bits per heavy atom. The van der Waals surface area contributed by atoms with E-state index in [1.165, 1.54) is 25.7 Å². The SMILES string of the molecule is Cc1c(N)cccc1CNC(=O)C1C2CCCCC21. The lowest BCUT2D eigenvalue weighted by atomic mass is 10.0. The van der Waals surface area contributed by atoms with Crippen LogP contribution in [0.4, 0.5) is 5.69 Å². The second-order valence-corrected chi connectivity index (χ2v) is 5.99. The minimum absolute atomic E-state index is 0.249. The highest BCUT2D eigenvalue weighted by Gasteiger charge is 2.54. The monoisotopic (exact) mass is 258 g/mol. The lowest BCUT2D eigenvalue weighted by molar-refractivity contribution is -0.123. The first-order chi connectivity index (χ1) is 9.18. The number of hydrogen-bond donors (Lipinski definition) is 2. The third-order valence-corrected chi connectivity index (χ3v) is 4.90. The summed E-state index contributed by atoms with van der Waals surface area (Å²) < 4.78 is 0. The van der Waals surface area contributed by atoms with Gasteiger partial charge in [-0.15, -0.1) is 0 Å². The molecule has 19 heavy (non-hydrogen) atoms. The van der Waals surface area contributed by atoms with Crippen molar-refractivity contribution in [3.05, 3.63) is 29.3 Å². The molecule has 2 atom stereocenters. The van der Waals surface area contributed by atoms with Gasteiger partial charge in [-0.3, -0.25) is 4.79 Å². The third-order valence-electron chi connectivity index (χ3n) is 4.90. The quantitative estimate of drug-likeness (QED) is 0.819. The van der Waals surface area contributed by atoms with Gasteiger partial charge in [0, 0.05) is 18.2 Å². The highest BCUT2D eigenvalue weighted by atomic mass is 16.2. The first-order valence-electron chi connectivity index (χ1n) is 7.30. The summed E-state index contributed by atoms with van der Waals surface area (Å²) >= 11 is 0. The van der Waals surface area contributed by atoms with Gasteiger partial charge in [-0.1, -0.05) is 25.0 Å². The third kappa shape index (κ3) is 2.34. The predicted molar refractivity (Wildman–Crippen MR) is 76.4 cm³/mol. The molecular weight excluding hydrogens is 236 g/mol. The van der Waals surface area contributed by atoms with Crippen molar-refractivity contribution in [2.24, 2.45) is 17.8 Å². The molecule has 3 heteroatoms. The van der Waals surface area contributed by atoms with Crippen LogP contribution in [0.25, 0.3) is 0 Å². The van der Waals surface area contributed by atoms with Crippen molar-refractivity contribution in [1.29, 1.82) is 0 Å². The van der Waals surface area contributed by atoms with Crippen LogP contribution in [0.5, 0.6) is 0 Å². The topological polar surface area (TPSA) is 55.1 Å². The molecule has 1 amide bonds. The van der Waals surface area contributed by atoms with E-state index < -0.39 is 0 Å². The second kappa shape index (κ2) is 4.87. The van der Waals surface area contributed by atoms with E-state index in [9.17, 15) is 4.79 Å². The van der Waals surface area contributed by atoms with E-state index in [0.717, 1.165) is 16.8 Å². The molecule has 0 aliphatic heterocycles. The molecule has 0 bridgehead atoms. The molecule has 0 radical (unpaired) electrons. The largest absolute Gasteiger partial charge is 0.399 e. The lowest BCUT2D eigenvalue weighted by Crippen LogP contribution is -2.26. The molecule has 0 saturated heterocycles. The Morgan fingerprint density at radius 1 is 1.32 bits per heavy atom. The second-order valence-electron chi connectivity index (χ2n) is 5.99. The summed E-state index contributed by atoms with van der Waals surface area (Å²) in [5, 5.41) is 3.09. The summed E-state index contributed by atoms with van der Waals surface area (Å²) in [5.74, 6) is 1.90. The fourth-order valence-corrected chi connectivity index (χ4v) is 3.58. The molecule has 3 N–H and O–H groups in total. The number of carbonyl (C=O) groups excluding carboxylic acids is 1. The fraction of sp³-hybridized carbons (Fsp3) is 0.562. The van der Waals surface area contributed by atoms with E-state index in [0.29, 0.717) is 24.3 Å². The van der Waals surface area contributed by atoms with Gasteiger partial charge in [0.25, 0.3) is 0 Å². The van der Waals surface area contributed by atoms with E-state index in [4.69, 9.17) is 5.73 Å². The Kier molecular flexibility index (Phi) is 3.21. The van der Waals surface area contributed by atoms with Crippen molar-refractivity contribution < 1.29 is 4.79 Å². The molecule has 0 spiro atoms. The van der Waals surface area contributed by atoms with Crippen molar-refractivity contribution >= 4 is 11.6 Å². The summed E-state index contributed by atoms with van der Waals surface area (Å²) in [6.07, 6.45) is 5.11. The Balaban J connectivity index is 1.58. The summed E-state index contributed by atoms with van der Waals surface area (Å²) in [7, 11) is 0. The average Bonchev–Trinajstić information content (AvgIpc) is 3.14. The Hall–Kier alpha value is -1.51. The fourth-order valence-electron chi connectivity index (χ4n) is 3.58. The number of anilines is 1. The minimum atomic E-state index is 0.249. The molecule has 0 aromatic heterocycles. The molecule has 2 saturated carbocycles. The normalized spacial score (nSPS) is 28.6. The molecule has 2 aliphatic rings. The van der Waals surface area contributed by atoms with Crippen LogP contribution in [0.3, 0.4) is 0 Å². The highest BCUT2D eigenvalue weighted by Crippen LogP contribution is 2.55. The molecule has 3 nitrogen and oxygen atoms in total. The average molecular weight is 258 g/mol. The first-order valence-corrected chi connectivity index (χ1v) is 7.30. The highest BCUT2D eigenvalue weighted by molar-refractivity contribution is 5.82. The lowest BCUT2D eigenvalue weighted by Gasteiger charge is -2.09. The smallest absolute Gasteiger partial charge is 0.223 e. The summed E-state index contributed by atoms with van der Waals surface area (Å²) in [6.45, 7) is 2.61. The van der Waals surface area contributed by atoms with Gasteiger partial charge in [0.2, 0.25) is 5.91 Å². The Bertz CT molecular complexity index is 486. The Morgan fingerprint density at radius 3 is 2.68 bits per heavy atom. The van der Waals surface area contributed by atoms with Gasteiger partial charge in [0.05, 0.1) is 0 Å². The van der Waals surface area contributed by atoms with Gasteiger partial charge in [-0.25, -0.2) is 0 Å². The molecule has 2 aliphatic carbocycles. The van der Waals surface area contributed by atoms with E-state index in [-0.39, 0.29) is 5.91 Å². The maximum absolute atomic E-state index is 12.2. The number of nitrogens with two attached hydrogens (primary N) is 1. The van der Waals surface area contributed by atoms with Crippen LogP contribution in [0.2, 0.25) is 0 Å². The van der Waals surface area contributed by atoms with E-state index >= 15 is 0 Å². The van der Waals surface area contributed by atoms with Gasteiger partial charge in [0.1, 0.15) is 0 Å². The summed E-state index contributed by atoms with van der Waals surface area (Å²) in [5.41, 5.74) is 8.88. The van der Waals surface area contributed by atoms with Crippen molar-refractivity contribution in [3.63, 3.8) is 0 Å². The van der Waals surface area contributed by atoms with Gasteiger partial charge in [0.15, 0.2) is 0 Å². The van der Waals surface area contributed by atoms with Gasteiger partial charge in [-0.05, 0) is 48.8 Å². The standard InChI is InChI=1S/C16H22N2O/c1-10-11(5-4-8-14(10)17)9-18-16(19)15-12-6-2-3-7-13(12)15/h4-5,8,12-13,15H,2-3,6-7,9,17H2,1H3,(H,18,19). The van der Waals surface area contributed by atoms with Crippen LogP contribution in [0, 0.1) is 24.7 Å². The zero-order valence-corrected chi connectivity index (χ0v) is 11.5. The van der Waals surface area contributed by atoms with Crippen molar-refractivity contribution in [2.75, 3.05) is 5.73 Å². The van der Waals surface area contributed by atoms with Crippen molar-refractivity contribution in [2.45, 2.75) is 39.2 Å². The van der Waals surface area contributed by atoms with Crippen molar-refractivity contribution in [3.8, 4) is 0 Å². The predicted octanol–water partition coefficient (Wildman–Crippen LogP) is 2.63. The Labute approximate surface area is 114 Å². The zero-order chi connectivity index (χ0) is 13.4. The van der Waals surface area contributed by atoms with Gasteiger partial charge < -0.3 is 11.1 Å². The minimum Gasteiger partial charge on any atom is -0.399 e. The van der Waals surface area contributed by atoms with Crippen LogP contribution in [-0.4, -0.2) is 5.91 Å². The van der Waals surface area contributed by atoms with Crippen LogP contribution >= 0.6 is 0 Å². The van der Waals surface area contributed by atoms with Crippen molar-refractivity contribution in [1.82, 2.24) is 5.32 Å². The van der Waals surface area contributed by atoms with E-state index in [2.05, 4.69) is 5.32 Å². The maximum atomic E-state index is 12.2. The van der Waals surface area contributed by atoms with E-state index in [1.807, 2.05) is 25.1 Å². The molecule has 1 aromatic rings. The molecule has 0 heterocycles. The molecule has 2 unspecified atom stereocenters. The maximum Gasteiger partial charge on any atom is 0.223 e. The van der Waals surface area contributed by atoms with Gasteiger partial charge in [-0.2, -0.15) is 0 Å². The number of nitrogens with one attached hydrogen (secondary N) is 1. The number of carbonyl (C=O) groups is 1. The summed E-state index contributed by atoms with van der Waals surface area (Å²) in [6, 6.07) is 5.88. The van der Waals surface area contributed by atoms with E-state index in [1.54, 1.807) is 0 Å². The number of amides is 1. The number of fused-ring (bicyclic) bond motifs is 1. The van der Waals surface area contributed by atoms with Gasteiger partial charge >= 0.3 is 0 Å². The molecule has 3 rings (SSSR count). The molecule has 2 fully saturated rings. The molecule has 1 aromatic carbocycles. The number of nitrogen functional groups attached to an aromatic ring is 1. The molecular formula is C16H22N2O. The number of rotatable bonds is 3. The van der Waals surface area contributed by atoms with Crippen LogP contribution < -0.4 is 11.1 Å². The first kappa shape index (κ1) is 12.5.